The maximum atomic E-state index is 10.9. The number of phenolic OH excluding ortho intramolecular Hbond substituents is 2. The van der Waals surface area contributed by atoms with Crippen molar-refractivity contribution in [3.05, 3.63) is 84.9 Å². The van der Waals surface area contributed by atoms with Crippen LogP contribution in [-0.4, -0.2) is 50.1 Å². The molecule has 0 amide bonds. The van der Waals surface area contributed by atoms with Crippen LogP contribution in [0.15, 0.2) is 84.9 Å². The Morgan fingerprint density at radius 1 is 0.405 bits per heavy atom. The molecular weight excluding hydrogens is 528 g/mol. The quantitative estimate of drug-likeness (QED) is 0.162. The molecule has 2 aliphatic heterocycles. The van der Waals surface area contributed by atoms with Crippen LogP contribution in [0.3, 0.4) is 0 Å². The van der Waals surface area contributed by atoms with Gasteiger partial charge in [-0.05, 0) is 12.1 Å². The van der Waals surface area contributed by atoms with Crippen molar-refractivity contribution in [3.63, 3.8) is 0 Å². The molecule has 0 saturated carbocycles. The van der Waals surface area contributed by atoms with E-state index in [1.165, 1.54) is 6.07 Å². The summed E-state index contributed by atoms with van der Waals surface area (Å²) in [5.41, 5.74) is 5.23. The number of aromatic amines is 2. The van der Waals surface area contributed by atoms with Crippen molar-refractivity contribution < 1.29 is 10.2 Å². The lowest BCUT2D eigenvalue weighted by atomic mass is 10.1. The fourth-order valence-corrected chi connectivity index (χ4v) is 5.70. The smallest absolute Gasteiger partial charge is 0.169 e. The highest BCUT2D eigenvalue weighted by Gasteiger charge is 2.22. The van der Waals surface area contributed by atoms with Crippen LogP contribution in [0.25, 0.3) is 89.7 Å². The van der Waals surface area contributed by atoms with Gasteiger partial charge in [-0.25, -0.2) is 29.9 Å². The second-order valence-corrected chi connectivity index (χ2v) is 10.1. The number of aromatic nitrogens is 8. The van der Waals surface area contributed by atoms with Crippen LogP contribution >= 0.6 is 0 Å². The van der Waals surface area contributed by atoms with E-state index in [4.69, 9.17) is 29.9 Å². The zero-order chi connectivity index (χ0) is 27.9. The number of hydrogen-bond acceptors (Lipinski definition) is 8. The molecule has 0 spiro atoms. The molecule has 42 heavy (non-hydrogen) atoms. The lowest BCUT2D eigenvalue weighted by Crippen LogP contribution is -1.83. The van der Waals surface area contributed by atoms with Crippen LogP contribution in [0.1, 0.15) is 0 Å². The van der Waals surface area contributed by atoms with E-state index >= 15 is 0 Å². The zero-order valence-corrected chi connectivity index (χ0v) is 21.7. The minimum atomic E-state index is -0.302. The second-order valence-electron chi connectivity index (χ2n) is 10.1. The topological polar surface area (TPSA) is 149 Å². The van der Waals surface area contributed by atoms with Crippen molar-refractivity contribution in [3.8, 4) is 57.1 Å². The van der Waals surface area contributed by atoms with Crippen molar-refractivity contribution in [2.24, 2.45) is 0 Å². The number of fused-ring (bicyclic) bond motifs is 20. The van der Waals surface area contributed by atoms with Gasteiger partial charge >= 0.3 is 0 Å². The van der Waals surface area contributed by atoms with Crippen molar-refractivity contribution in [1.82, 2.24) is 39.9 Å². The van der Waals surface area contributed by atoms with Gasteiger partial charge in [0, 0.05) is 38.4 Å². The number of rotatable bonds is 0. The highest BCUT2D eigenvalue weighted by molar-refractivity contribution is 6.09. The monoisotopic (exact) mass is 546 g/mol. The van der Waals surface area contributed by atoms with Crippen molar-refractivity contribution >= 4 is 44.1 Å². The highest BCUT2D eigenvalue weighted by Crippen LogP contribution is 2.40. The minimum Gasteiger partial charge on any atom is -0.504 e. The number of H-pyrrole nitrogens is 2. The first-order valence-corrected chi connectivity index (χ1v) is 13.3. The first kappa shape index (κ1) is 22.6. The second kappa shape index (κ2) is 8.18. The molecule has 4 aromatic carbocycles. The van der Waals surface area contributed by atoms with E-state index in [1.807, 2.05) is 72.8 Å². The van der Waals surface area contributed by atoms with Gasteiger partial charge in [-0.3, -0.25) is 0 Å². The predicted octanol–water partition coefficient (Wildman–Crippen LogP) is 6.28. The first-order valence-electron chi connectivity index (χ1n) is 13.3. The van der Waals surface area contributed by atoms with E-state index < -0.39 is 0 Å². The molecule has 9 rings (SSSR count). The summed E-state index contributed by atoms with van der Waals surface area (Å²) in [7, 11) is 0. The summed E-state index contributed by atoms with van der Waals surface area (Å²) in [5, 5.41) is 24.0. The Morgan fingerprint density at radius 2 is 0.810 bits per heavy atom. The summed E-state index contributed by atoms with van der Waals surface area (Å²) in [4.78, 5) is 36.0. The van der Waals surface area contributed by atoms with Crippen molar-refractivity contribution in [2.45, 2.75) is 0 Å². The Bertz CT molecular complexity index is 2460. The number of phenols is 2. The predicted molar refractivity (Wildman–Crippen MR) is 159 cm³/mol. The molecule has 10 heteroatoms. The van der Waals surface area contributed by atoms with E-state index in [2.05, 4.69) is 9.97 Å². The van der Waals surface area contributed by atoms with E-state index in [-0.39, 0.29) is 11.5 Å². The highest BCUT2D eigenvalue weighted by atomic mass is 16.3. The molecule has 2 aliphatic rings. The van der Waals surface area contributed by atoms with Gasteiger partial charge in [0.25, 0.3) is 0 Å². The SMILES string of the molecule is Oc1ccc2c3nc4nc(nc5[nH]c(nc6nc(nc([nH]3)c2c1O)-c1ccccc1-6)c1ccccc51)-c1ccccc1-4. The number of aromatic hydroxyl groups is 2. The summed E-state index contributed by atoms with van der Waals surface area (Å²) in [6, 6.07) is 26.5. The minimum absolute atomic E-state index is 0.265. The Hall–Kier alpha value is -6.16. The maximum Gasteiger partial charge on any atom is 0.169 e. The molecule has 0 fully saturated rings. The van der Waals surface area contributed by atoms with Gasteiger partial charge in [0.1, 0.15) is 22.6 Å². The average Bonchev–Trinajstić information content (AvgIpc) is 3.74. The molecule has 4 N–H and O–H groups in total. The number of nitrogens with zero attached hydrogens (tertiary/aromatic N) is 6. The van der Waals surface area contributed by atoms with Crippen LogP contribution in [0.5, 0.6) is 11.5 Å². The Morgan fingerprint density at radius 3 is 1.31 bits per heavy atom. The Balaban J connectivity index is 1.52. The van der Waals surface area contributed by atoms with E-state index in [9.17, 15) is 10.2 Å². The van der Waals surface area contributed by atoms with Gasteiger partial charge in [-0.2, -0.15) is 0 Å². The third-order valence-corrected chi connectivity index (χ3v) is 7.67. The standard InChI is InChI=1S/C32H18N8O2/c41-22-14-13-21-23(24(22)42)32-39-30-20-12-6-5-11-19(20)28(37-30)35-26-16-8-2-1-7-15(16)25(33-26)34-27-17-9-3-4-10-18(17)29(36-27)38-31(21)40-32/h1-14,41-42H,(H2,33,34,35,36,37,38,39,40). The van der Waals surface area contributed by atoms with Crippen LogP contribution in [-0.2, 0) is 0 Å². The summed E-state index contributed by atoms with van der Waals surface area (Å²) >= 11 is 0. The molecule has 5 heterocycles. The number of nitrogens with one attached hydrogen (secondary N) is 2. The summed E-state index contributed by atoms with van der Waals surface area (Å²) in [6.07, 6.45) is 0. The molecule has 0 saturated heterocycles. The van der Waals surface area contributed by atoms with Crippen LogP contribution in [0.2, 0.25) is 0 Å². The molecule has 0 radical (unpaired) electrons. The molecule has 7 aromatic rings. The van der Waals surface area contributed by atoms with Crippen molar-refractivity contribution in [1.29, 1.82) is 0 Å². The maximum absolute atomic E-state index is 10.9. The fourth-order valence-electron chi connectivity index (χ4n) is 5.70. The van der Waals surface area contributed by atoms with E-state index in [0.29, 0.717) is 56.7 Å². The summed E-state index contributed by atoms with van der Waals surface area (Å²) in [6.45, 7) is 0. The molecule has 8 bridgehead atoms. The van der Waals surface area contributed by atoms with Gasteiger partial charge < -0.3 is 20.2 Å². The normalized spacial score (nSPS) is 12.0. The van der Waals surface area contributed by atoms with Crippen molar-refractivity contribution in [2.75, 3.05) is 0 Å². The van der Waals surface area contributed by atoms with Crippen LogP contribution in [0, 0.1) is 0 Å². The van der Waals surface area contributed by atoms with Gasteiger partial charge in [0.2, 0.25) is 0 Å². The van der Waals surface area contributed by atoms with Crippen LogP contribution < -0.4 is 0 Å². The lowest BCUT2D eigenvalue weighted by Gasteiger charge is -1.99. The van der Waals surface area contributed by atoms with Gasteiger partial charge in [-0.15, -0.1) is 0 Å². The van der Waals surface area contributed by atoms with Gasteiger partial charge in [0.05, 0.1) is 5.39 Å². The molecule has 0 atom stereocenters. The Kier molecular flexibility index (Phi) is 4.41. The third kappa shape index (κ3) is 3.14. The van der Waals surface area contributed by atoms with Gasteiger partial charge in [0.15, 0.2) is 34.8 Å². The Labute approximate surface area is 236 Å². The number of hydrogen-bond donors (Lipinski definition) is 4. The summed E-state index contributed by atoms with van der Waals surface area (Å²) in [5.74, 6) is 1.30. The first-order chi connectivity index (χ1) is 20.6. The molecule has 0 unspecified atom stereocenters. The molecule has 10 nitrogen and oxygen atoms in total. The molecule has 0 aliphatic carbocycles. The molecule has 3 aromatic heterocycles. The largest absolute Gasteiger partial charge is 0.504 e. The third-order valence-electron chi connectivity index (χ3n) is 7.67. The number of benzene rings is 4. The molecular formula is C32H18N8O2. The molecule has 198 valence electrons. The van der Waals surface area contributed by atoms with Gasteiger partial charge in [-0.1, -0.05) is 72.8 Å². The average molecular weight is 547 g/mol. The zero-order valence-electron chi connectivity index (χ0n) is 21.7. The lowest BCUT2D eigenvalue weighted by molar-refractivity contribution is 0.408. The van der Waals surface area contributed by atoms with E-state index in [1.54, 1.807) is 6.07 Å². The fraction of sp³-hybridized carbons (Fsp3) is 0. The van der Waals surface area contributed by atoms with E-state index in [0.717, 1.165) is 33.0 Å². The van der Waals surface area contributed by atoms with Crippen LogP contribution in [0.4, 0.5) is 0 Å². The summed E-state index contributed by atoms with van der Waals surface area (Å²) < 4.78 is 0.